The van der Waals surface area contributed by atoms with Gasteiger partial charge in [0.15, 0.2) is 0 Å². The van der Waals surface area contributed by atoms with E-state index in [2.05, 4.69) is 27.7 Å². The predicted octanol–water partition coefficient (Wildman–Crippen LogP) is 3.48. The smallest absolute Gasteiger partial charge is 0.0608 e. The maximum atomic E-state index is 5.83. The lowest BCUT2D eigenvalue weighted by Crippen LogP contribution is -2.34. The van der Waals surface area contributed by atoms with Crippen LogP contribution in [0.1, 0.15) is 47.0 Å². The highest BCUT2D eigenvalue weighted by Gasteiger charge is 2.30. The molecule has 0 aromatic rings. The molecule has 0 amide bonds. The number of ether oxygens (including phenoxy) is 1. The molecular weight excluding hydrogens is 160 g/mol. The number of hydrogen-bond acceptors (Lipinski definition) is 1. The van der Waals surface area contributed by atoms with Crippen LogP contribution in [-0.2, 0) is 4.74 Å². The molecule has 3 unspecified atom stereocenters. The van der Waals surface area contributed by atoms with Gasteiger partial charge in [-0.05, 0) is 37.5 Å². The Labute approximate surface area is 82.9 Å². The van der Waals surface area contributed by atoms with Crippen molar-refractivity contribution in [3.05, 3.63) is 0 Å². The Morgan fingerprint density at radius 3 is 2.54 bits per heavy atom. The third kappa shape index (κ3) is 2.98. The van der Waals surface area contributed by atoms with Gasteiger partial charge in [-0.3, -0.25) is 0 Å². The van der Waals surface area contributed by atoms with Gasteiger partial charge in [0.1, 0.15) is 0 Å². The first-order valence-corrected chi connectivity index (χ1v) is 5.76. The summed E-state index contributed by atoms with van der Waals surface area (Å²) < 4.78 is 5.83. The summed E-state index contributed by atoms with van der Waals surface area (Å²) in [5.41, 5.74) is 0. The Hall–Kier alpha value is -0.0400. The van der Waals surface area contributed by atoms with E-state index in [9.17, 15) is 0 Å². The lowest BCUT2D eigenvalue weighted by atomic mass is 9.75. The fraction of sp³-hybridized carbons (Fsp3) is 1.00. The van der Waals surface area contributed by atoms with Crippen molar-refractivity contribution in [1.29, 1.82) is 0 Å². The summed E-state index contributed by atoms with van der Waals surface area (Å²) in [5, 5.41) is 0. The van der Waals surface area contributed by atoms with E-state index in [1.165, 1.54) is 19.3 Å². The molecule has 0 aromatic heterocycles. The van der Waals surface area contributed by atoms with E-state index in [4.69, 9.17) is 4.74 Å². The molecule has 13 heavy (non-hydrogen) atoms. The van der Waals surface area contributed by atoms with Crippen molar-refractivity contribution in [3.63, 3.8) is 0 Å². The summed E-state index contributed by atoms with van der Waals surface area (Å²) in [4.78, 5) is 0. The molecule has 1 nitrogen and oxygen atoms in total. The van der Waals surface area contributed by atoms with E-state index in [1.807, 2.05) is 0 Å². The minimum Gasteiger partial charge on any atom is -0.378 e. The predicted molar refractivity (Wildman–Crippen MR) is 56.8 cm³/mol. The first kappa shape index (κ1) is 11.0. The fourth-order valence-corrected chi connectivity index (χ4v) is 2.52. The Kier molecular flexibility index (Phi) is 4.24. The van der Waals surface area contributed by atoms with Crippen molar-refractivity contribution < 1.29 is 4.74 Å². The lowest BCUT2D eigenvalue weighted by Gasteiger charge is -2.36. The van der Waals surface area contributed by atoms with E-state index >= 15 is 0 Å². The van der Waals surface area contributed by atoms with Gasteiger partial charge in [0.25, 0.3) is 0 Å². The van der Waals surface area contributed by atoms with Crippen molar-refractivity contribution in [2.24, 2.45) is 17.8 Å². The minimum absolute atomic E-state index is 0.536. The zero-order valence-electron chi connectivity index (χ0n) is 9.55. The summed E-state index contributed by atoms with van der Waals surface area (Å²) in [6, 6.07) is 0. The van der Waals surface area contributed by atoms with Crippen molar-refractivity contribution in [1.82, 2.24) is 0 Å². The van der Waals surface area contributed by atoms with Gasteiger partial charge in [-0.15, -0.1) is 0 Å². The molecule has 0 aromatic carbocycles. The van der Waals surface area contributed by atoms with Gasteiger partial charge in [0.2, 0.25) is 0 Å². The summed E-state index contributed by atoms with van der Waals surface area (Å²) in [5.74, 6) is 2.45. The van der Waals surface area contributed by atoms with E-state index in [1.54, 1.807) is 0 Å². The maximum Gasteiger partial charge on any atom is 0.0608 e. The van der Waals surface area contributed by atoms with E-state index in [0.717, 1.165) is 24.4 Å². The van der Waals surface area contributed by atoms with Crippen LogP contribution in [0.3, 0.4) is 0 Å². The number of rotatable bonds is 3. The van der Waals surface area contributed by atoms with Gasteiger partial charge in [-0.25, -0.2) is 0 Å². The zero-order valence-corrected chi connectivity index (χ0v) is 9.55. The van der Waals surface area contributed by atoms with E-state index in [0.29, 0.717) is 6.10 Å². The summed E-state index contributed by atoms with van der Waals surface area (Å²) in [6.45, 7) is 9.99. The average molecular weight is 184 g/mol. The topological polar surface area (TPSA) is 9.23 Å². The molecule has 0 radical (unpaired) electrons. The molecule has 78 valence electrons. The van der Waals surface area contributed by atoms with Gasteiger partial charge in [-0.1, -0.05) is 27.2 Å². The lowest BCUT2D eigenvalue weighted by molar-refractivity contribution is -0.0327. The second-order valence-corrected chi connectivity index (χ2v) is 4.82. The molecule has 0 spiro atoms. The summed E-state index contributed by atoms with van der Waals surface area (Å²) in [6.07, 6.45) is 4.57. The van der Waals surface area contributed by atoms with Crippen molar-refractivity contribution in [2.75, 3.05) is 6.61 Å². The molecule has 0 heterocycles. The molecule has 1 saturated carbocycles. The van der Waals surface area contributed by atoms with Crippen molar-refractivity contribution >= 4 is 0 Å². The van der Waals surface area contributed by atoms with Crippen LogP contribution < -0.4 is 0 Å². The van der Waals surface area contributed by atoms with Gasteiger partial charge in [0.05, 0.1) is 6.10 Å². The third-order valence-electron chi connectivity index (χ3n) is 3.34. The first-order valence-electron chi connectivity index (χ1n) is 5.76. The Morgan fingerprint density at radius 1 is 1.31 bits per heavy atom. The van der Waals surface area contributed by atoms with Gasteiger partial charge in [-0.2, -0.15) is 0 Å². The van der Waals surface area contributed by atoms with E-state index < -0.39 is 0 Å². The van der Waals surface area contributed by atoms with Gasteiger partial charge >= 0.3 is 0 Å². The average Bonchev–Trinajstić information content (AvgIpc) is 2.04. The molecule has 1 heteroatoms. The SMILES string of the molecule is CCOC1CC(C)CCC1C(C)C. The largest absolute Gasteiger partial charge is 0.378 e. The van der Waals surface area contributed by atoms with Crippen LogP contribution in [0.25, 0.3) is 0 Å². The quantitative estimate of drug-likeness (QED) is 0.652. The van der Waals surface area contributed by atoms with Crippen molar-refractivity contribution in [3.8, 4) is 0 Å². The Balaban J connectivity index is 2.50. The Morgan fingerprint density at radius 2 is 2.00 bits per heavy atom. The highest BCUT2D eigenvalue weighted by atomic mass is 16.5. The van der Waals surface area contributed by atoms with Crippen LogP contribution in [-0.4, -0.2) is 12.7 Å². The standard InChI is InChI=1S/C12H24O/c1-5-13-12-8-10(4)6-7-11(12)9(2)3/h9-12H,5-8H2,1-4H3. The minimum atomic E-state index is 0.536. The van der Waals surface area contributed by atoms with Gasteiger partial charge in [0, 0.05) is 6.61 Å². The fourth-order valence-electron chi connectivity index (χ4n) is 2.52. The summed E-state index contributed by atoms with van der Waals surface area (Å²) in [7, 11) is 0. The normalized spacial score (nSPS) is 35.3. The molecule has 0 N–H and O–H groups in total. The molecule has 1 rings (SSSR count). The van der Waals surface area contributed by atoms with Crippen molar-refractivity contribution in [2.45, 2.75) is 53.1 Å². The molecule has 1 aliphatic rings. The van der Waals surface area contributed by atoms with Crippen LogP contribution >= 0.6 is 0 Å². The first-order chi connectivity index (χ1) is 6.15. The van der Waals surface area contributed by atoms with Crippen LogP contribution in [0, 0.1) is 17.8 Å². The zero-order chi connectivity index (χ0) is 9.84. The molecule has 1 fully saturated rings. The highest BCUT2D eigenvalue weighted by Crippen LogP contribution is 2.35. The second-order valence-electron chi connectivity index (χ2n) is 4.82. The van der Waals surface area contributed by atoms with Crippen LogP contribution in [0.4, 0.5) is 0 Å². The van der Waals surface area contributed by atoms with Crippen LogP contribution in [0.5, 0.6) is 0 Å². The monoisotopic (exact) mass is 184 g/mol. The highest BCUT2D eigenvalue weighted by molar-refractivity contribution is 4.81. The third-order valence-corrected chi connectivity index (χ3v) is 3.34. The molecule has 0 bridgehead atoms. The van der Waals surface area contributed by atoms with Gasteiger partial charge < -0.3 is 4.74 Å². The summed E-state index contributed by atoms with van der Waals surface area (Å²) >= 11 is 0. The van der Waals surface area contributed by atoms with Crippen LogP contribution in [0.15, 0.2) is 0 Å². The molecule has 1 aliphatic carbocycles. The molecule has 0 aliphatic heterocycles. The maximum absolute atomic E-state index is 5.83. The molecule has 0 saturated heterocycles. The second kappa shape index (κ2) is 4.99. The van der Waals surface area contributed by atoms with E-state index in [-0.39, 0.29) is 0 Å². The Bertz CT molecular complexity index is 142. The molecular formula is C12H24O. The number of hydrogen-bond donors (Lipinski definition) is 0. The molecule has 3 atom stereocenters. The van der Waals surface area contributed by atoms with Crippen LogP contribution in [0.2, 0.25) is 0 Å².